The van der Waals surface area contributed by atoms with Crippen LogP contribution in [0.1, 0.15) is 30.3 Å². The summed E-state index contributed by atoms with van der Waals surface area (Å²) in [5.74, 6) is 0.726. The molecule has 5 heteroatoms. The number of carbonyl (C=O) groups is 1. The maximum Gasteiger partial charge on any atom is 0.290 e. The van der Waals surface area contributed by atoms with Crippen LogP contribution in [0, 0.1) is 5.92 Å². The van der Waals surface area contributed by atoms with E-state index in [0.717, 1.165) is 25.9 Å². The zero-order chi connectivity index (χ0) is 12.4. The fraction of sp³-hybridized carbons (Fsp3) is 0.583. The Kier molecular flexibility index (Phi) is 3.89. The number of halogens is 1. The Labute approximate surface area is 109 Å². The summed E-state index contributed by atoms with van der Waals surface area (Å²) in [7, 11) is 0. The number of rotatable bonds is 2. The zero-order valence-corrected chi connectivity index (χ0v) is 11.4. The van der Waals surface area contributed by atoms with Gasteiger partial charge in [-0.3, -0.25) is 4.79 Å². The van der Waals surface area contributed by atoms with Crippen LogP contribution >= 0.6 is 15.9 Å². The second kappa shape index (κ2) is 5.23. The van der Waals surface area contributed by atoms with Crippen molar-refractivity contribution in [3.05, 3.63) is 22.6 Å². The van der Waals surface area contributed by atoms with Crippen LogP contribution in [0.4, 0.5) is 0 Å². The first-order valence-corrected chi connectivity index (χ1v) is 6.66. The topological polar surface area (TPSA) is 59.5 Å². The normalized spacial score (nSPS) is 22.5. The molecule has 1 aliphatic rings. The fourth-order valence-corrected chi connectivity index (χ4v) is 2.58. The van der Waals surface area contributed by atoms with Crippen LogP contribution in [-0.4, -0.2) is 29.9 Å². The van der Waals surface area contributed by atoms with E-state index in [1.54, 1.807) is 6.07 Å². The van der Waals surface area contributed by atoms with Crippen LogP contribution in [0.5, 0.6) is 0 Å². The Morgan fingerprint density at radius 1 is 1.71 bits per heavy atom. The Bertz CT molecular complexity index is 403. The summed E-state index contributed by atoms with van der Waals surface area (Å²) in [6, 6.07) is 1.87. The van der Waals surface area contributed by atoms with Crippen LogP contribution in [-0.2, 0) is 0 Å². The predicted molar refractivity (Wildman–Crippen MR) is 68.7 cm³/mol. The lowest BCUT2D eigenvalue weighted by atomic mass is 9.92. The Hall–Kier alpha value is -0.810. The van der Waals surface area contributed by atoms with Gasteiger partial charge in [-0.15, -0.1) is 0 Å². The summed E-state index contributed by atoms with van der Waals surface area (Å²) in [5.41, 5.74) is 5.91. The minimum absolute atomic E-state index is 0.0489. The average Bonchev–Trinajstić information content (AvgIpc) is 2.74. The van der Waals surface area contributed by atoms with Crippen LogP contribution in [0.2, 0.25) is 0 Å². The van der Waals surface area contributed by atoms with Gasteiger partial charge in [0.05, 0.1) is 10.7 Å². The molecule has 2 atom stereocenters. The van der Waals surface area contributed by atoms with E-state index in [0.29, 0.717) is 16.2 Å². The molecular weight excluding hydrogens is 284 g/mol. The van der Waals surface area contributed by atoms with E-state index in [1.165, 1.54) is 6.26 Å². The van der Waals surface area contributed by atoms with E-state index in [2.05, 4.69) is 15.9 Å². The van der Waals surface area contributed by atoms with Gasteiger partial charge in [-0.1, -0.05) is 0 Å². The third kappa shape index (κ3) is 2.72. The lowest BCUT2D eigenvalue weighted by molar-refractivity contribution is 0.0628. The molecule has 0 bridgehead atoms. The van der Waals surface area contributed by atoms with Crippen molar-refractivity contribution in [1.29, 1.82) is 0 Å². The van der Waals surface area contributed by atoms with Gasteiger partial charge in [-0.2, -0.15) is 0 Å². The first-order chi connectivity index (χ1) is 8.09. The minimum atomic E-state index is -0.0489. The van der Waals surface area contributed by atoms with Gasteiger partial charge in [0.25, 0.3) is 5.91 Å². The molecule has 2 rings (SSSR count). The fourth-order valence-electron chi connectivity index (χ4n) is 2.21. The lowest BCUT2D eigenvalue weighted by Gasteiger charge is -2.34. The molecule has 1 fully saturated rings. The van der Waals surface area contributed by atoms with Gasteiger partial charge in [-0.25, -0.2) is 0 Å². The maximum absolute atomic E-state index is 12.2. The average molecular weight is 301 g/mol. The van der Waals surface area contributed by atoms with Crippen molar-refractivity contribution in [2.75, 3.05) is 13.1 Å². The van der Waals surface area contributed by atoms with E-state index in [1.807, 2.05) is 11.8 Å². The summed E-state index contributed by atoms with van der Waals surface area (Å²) in [6.07, 6.45) is 3.63. The number of piperidine rings is 1. The SMILES string of the molecule is C[C@@H](N)[C@H]1CCCN(C(=O)c2occc2Br)C1. The van der Waals surface area contributed by atoms with Gasteiger partial charge in [0.1, 0.15) is 0 Å². The van der Waals surface area contributed by atoms with Crippen LogP contribution in [0.25, 0.3) is 0 Å². The summed E-state index contributed by atoms with van der Waals surface area (Å²) in [6.45, 7) is 3.51. The van der Waals surface area contributed by atoms with Gasteiger partial charge in [0, 0.05) is 19.1 Å². The molecule has 1 amide bonds. The van der Waals surface area contributed by atoms with Crippen LogP contribution in [0.15, 0.2) is 21.2 Å². The number of nitrogens with zero attached hydrogens (tertiary/aromatic N) is 1. The number of hydrogen-bond donors (Lipinski definition) is 1. The van der Waals surface area contributed by atoms with E-state index < -0.39 is 0 Å². The van der Waals surface area contributed by atoms with Crippen molar-refractivity contribution in [3.8, 4) is 0 Å². The molecule has 0 spiro atoms. The second-order valence-corrected chi connectivity index (χ2v) is 5.46. The molecule has 94 valence electrons. The molecule has 0 unspecified atom stereocenters. The summed E-state index contributed by atoms with van der Waals surface area (Å²) < 4.78 is 5.92. The Morgan fingerprint density at radius 3 is 3.06 bits per heavy atom. The molecule has 2 heterocycles. The van der Waals surface area contributed by atoms with Gasteiger partial charge >= 0.3 is 0 Å². The first kappa shape index (κ1) is 12.6. The molecule has 1 aliphatic heterocycles. The van der Waals surface area contributed by atoms with Gasteiger partial charge in [0.2, 0.25) is 5.76 Å². The molecule has 0 saturated carbocycles. The predicted octanol–water partition coefficient (Wildman–Crippen LogP) is 2.24. The minimum Gasteiger partial charge on any atom is -0.458 e. The quantitative estimate of drug-likeness (QED) is 0.911. The number of carbonyl (C=O) groups excluding carboxylic acids is 1. The molecule has 17 heavy (non-hydrogen) atoms. The number of likely N-dealkylation sites (tertiary alicyclic amines) is 1. The number of amides is 1. The molecule has 0 aromatic carbocycles. The first-order valence-electron chi connectivity index (χ1n) is 5.87. The maximum atomic E-state index is 12.2. The third-order valence-electron chi connectivity index (χ3n) is 3.30. The molecule has 0 aliphatic carbocycles. The number of hydrogen-bond acceptors (Lipinski definition) is 3. The molecule has 0 radical (unpaired) electrons. The third-order valence-corrected chi connectivity index (χ3v) is 3.92. The van der Waals surface area contributed by atoms with E-state index in [4.69, 9.17) is 10.2 Å². The molecule has 1 aromatic heterocycles. The van der Waals surface area contributed by atoms with Crippen LogP contribution in [0.3, 0.4) is 0 Å². The highest BCUT2D eigenvalue weighted by Gasteiger charge is 2.28. The number of furan rings is 1. The van der Waals surface area contributed by atoms with E-state index in [9.17, 15) is 4.79 Å². The Morgan fingerprint density at radius 2 is 2.47 bits per heavy atom. The van der Waals surface area contributed by atoms with E-state index >= 15 is 0 Å². The van der Waals surface area contributed by atoms with Gasteiger partial charge in [0.15, 0.2) is 0 Å². The summed E-state index contributed by atoms with van der Waals surface area (Å²) >= 11 is 3.31. The molecular formula is C12H17BrN2O2. The zero-order valence-electron chi connectivity index (χ0n) is 9.86. The van der Waals surface area contributed by atoms with E-state index in [-0.39, 0.29) is 11.9 Å². The molecule has 2 N–H and O–H groups in total. The summed E-state index contributed by atoms with van der Waals surface area (Å²) in [5, 5.41) is 0. The lowest BCUT2D eigenvalue weighted by Crippen LogP contribution is -2.45. The molecule has 4 nitrogen and oxygen atoms in total. The van der Waals surface area contributed by atoms with Crippen LogP contribution < -0.4 is 5.73 Å². The second-order valence-electron chi connectivity index (χ2n) is 4.61. The van der Waals surface area contributed by atoms with Gasteiger partial charge < -0.3 is 15.1 Å². The van der Waals surface area contributed by atoms with Crippen molar-refractivity contribution >= 4 is 21.8 Å². The standard InChI is InChI=1S/C12H17BrN2O2/c1-8(14)9-3-2-5-15(7-9)12(16)11-10(13)4-6-17-11/h4,6,8-9H,2-3,5,7,14H2,1H3/t8-,9+/m1/s1. The largest absolute Gasteiger partial charge is 0.458 e. The van der Waals surface area contributed by atoms with Crippen molar-refractivity contribution in [2.24, 2.45) is 11.7 Å². The highest BCUT2D eigenvalue weighted by molar-refractivity contribution is 9.10. The molecule has 1 aromatic rings. The Balaban J connectivity index is 2.07. The highest BCUT2D eigenvalue weighted by Crippen LogP contribution is 2.24. The monoisotopic (exact) mass is 300 g/mol. The van der Waals surface area contributed by atoms with Crippen molar-refractivity contribution in [1.82, 2.24) is 4.90 Å². The summed E-state index contributed by atoms with van der Waals surface area (Å²) in [4.78, 5) is 14.0. The van der Waals surface area contributed by atoms with Crippen molar-refractivity contribution < 1.29 is 9.21 Å². The molecule has 1 saturated heterocycles. The van der Waals surface area contributed by atoms with Crippen molar-refractivity contribution in [3.63, 3.8) is 0 Å². The number of nitrogens with two attached hydrogens (primary N) is 1. The smallest absolute Gasteiger partial charge is 0.290 e. The highest BCUT2D eigenvalue weighted by atomic mass is 79.9. The van der Waals surface area contributed by atoms with Crippen molar-refractivity contribution in [2.45, 2.75) is 25.8 Å². The van der Waals surface area contributed by atoms with Gasteiger partial charge in [-0.05, 0) is 47.7 Å².